The van der Waals surface area contributed by atoms with E-state index in [1.165, 1.54) is 0 Å². The molecule has 1 amide bonds. The Morgan fingerprint density at radius 1 is 1.44 bits per heavy atom. The molecule has 1 aliphatic rings. The van der Waals surface area contributed by atoms with Gasteiger partial charge in [0, 0.05) is 13.1 Å². The summed E-state index contributed by atoms with van der Waals surface area (Å²) in [7, 11) is 0. The number of hydrazine groups is 1. The first-order valence-corrected chi connectivity index (χ1v) is 6.03. The molecule has 2 N–H and O–H groups in total. The molecule has 1 rings (SSSR count). The predicted molar refractivity (Wildman–Crippen MR) is 65.4 cm³/mol. The van der Waals surface area contributed by atoms with E-state index in [4.69, 9.17) is 9.84 Å². The van der Waals surface area contributed by atoms with Gasteiger partial charge in [-0.25, -0.2) is 14.2 Å². The summed E-state index contributed by atoms with van der Waals surface area (Å²) in [6.07, 6.45) is 0.502. The fraction of sp³-hybridized carbons (Fsp3) is 0.750. The molecule has 0 atom stereocenters. The third-order valence-corrected chi connectivity index (χ3v) is 2.54. The van der Waals surface area contributed by atoms with Crippen molar-refractivity contribution in [2.24, 2.45) is 0 Å². The van der Waals surface area contributed by atoms with Gasteiger partial charge in [-0.1, -0.05) is 0 Å². The Kier molecular flexibility index (Phi) is 5.10. The van der Waals surface area contributed by atoms with Crippen LogP contribution in [-0.4, -0.2) is 41.5 Å². The van der Waals surface area contributed by atoms with E-state index in [0.29, 0.717) is 31.5 Å². The molecule has 1 fully saturated rings. The highest BCUT2D eigenvalue weighted by Crippen LogP contribution is 2.19. The van der Waals surface area contributed by atoms with Crippen molar-refractivity contribution in [3.63, 3.8) is 0 Å². The molecular formula is C12H21FN2O3. The largest absolute Gasteiger partial charge is 0.443 e. The van der Waals surface area contributed by atoms with Crippen molar-refractivity contribution in [3.8, 4) is 0 Å². The Morgan fingerprint density at radius 2 is 2.00 bits per heavy atom. The molecule has 104 valence electrons. The second kappa shape index (κ2) is 6.15. The lowest BCUT2D eigenvalue weighted by Gasteiger charge is -2.30. The van der Waals surface area contributed by atoms with Crippen LogP contribution in [0.1, 0.15) is 33.6 Å². The van der Waals surface area contributed by atoms with Crippen molar-refractivity contribution in [1.29, 1.82) is 0 Å². The normalized spacial score (nSPS) is 17.5. The number of nitrogens with zero attached hydrogens (tertiary/aromatic N) is 1. The number of piperidine rings is 1. The number of rotatable bonds is 2. The lowest BCUT2D eigenvalue weighted by molar-refractivity contribution is 0.0315. The number of hydrogen-bond acceptors (Lipinski definition) is 4. The summed E-state index contributed by atoms with van der Waals surface area (Å²) in [6, 6.07) is 0. The molecule has 1 heterocycles. The molecule has 18 heavy (non-hydrogen) atoms. The summed E-state index contributed by atoms with van der Waals surface area (Å²) in [5, 5.41) is 10.4. The van der Waals surface area contributed by atoms with Gasteiger partial charge in [-0.2, -0.15) is 0 Å². The second-order valence-corrected chi connectivity index (χ2v) is 5.27. The Labute approximate surface area is 107 Å². The van der Waals surface area contributed by atoms with Crippen LogP contribution >= 0.6 is 0 Å². The number of halogens is 1. The van der Waals surface area contributed by atoms with Crippen LogP contribution in [0.2, 0.25) is 0 Å². The van der Waals surface area contributed by atoms with Gasteiger partial charge >= 0.3 is 6.09 Å². The fourth-order valence-electron chi connectivity index (χ4n) is 1.70. The number of aliphatic hydroxyl groups is 1. The van der Waals surface area contributed by atoms with Crippen molar-refractivity contribution < 1.29 is 19.0 Å². The Bertz CT molecular complexity index is 327. The molecule has 6 heteroatoms. The monoisotopic (exact) mass is 260 g/mol. The maximum absolute atomic E-state index is 13.1. The number of carbonyl (C=O) groups excluding carboxylic acids is 1. The summed E-state index contributed by atoms with van der Waals surface area (Å²) in [4.78, 5) is 11.5. The first-order chi connectivity index (χ1) is 8.31. The minimum Gasteiger partial charge on any atom is -0.443 e. The van der Waals surface area contributed by atoms with Gasteiger partial charge in [0.15, 0.2) is 0 Å². The third kappa shape index (κ3) is 5.01. The SMILES string of the molecule is CC(C)(C)OC(=O)NN1CCC(=C(F)CO)CC1. The van der Waals surface area contributed by atoms with Crippen molar-refractivity contribution in [3.05, 3.63) is 11.4 Å². The first kappa shape index (κ1) is 14.9. The van der Waals surface area contributed by atoms with Gasteiger partial charge in [-0.3, -0.25) is 5.43 Å². The Hall–Kier alpha value is -1.14. The zero-order valence-corrected chi connectivity index (χ0v) is 11.1. The van der Waals surface area contributed by atoms with E-state index in [2.05, 4.69) is 5.43 Å². The van der Waals surface area contributed by atoms with Gasteiger partial charge in [0.1, 0.15) is 11.4 Å². The summed E-state index contributed by atoms with van der Waals surface area (Å²) < 4.78 is 18.2. The molecule has 0 aliphatic carbocycles. The first-order valence-electron chi connectivity index (χ1n) is 6.03. The third-order valence-electron chi connectivity index (χ3n) is 2.54. The van der Waals surface area contributed by atoms with Gasteiger partial charge < -0.3 is 9.84 Å². The van der Waals surface area contributed by atoms with E-state index < -0.39 is 24.1 Å². The van der Waals surface area contributed by atoms with Crippen molar-refractivity contribution in [2.45, 2.75) is 39.2 Å². The summed E-state index contributed by atoms with van der Waals surface area (Å²) in [5.41, 5.74) is 2.71. The van der Waals surface area contributed by atoms with Gasteiger partial charge in [0.25, 0.3) is 0 Å². The number of ether oxygens (including phenoxy) is 1. The van der Waals surface area contributed by atoms with E-state index >= 15 is 0 Å². The van der Waals surface area contributed by atoms with E-state index in [1.807, 2.05) is 0 Å². The van der Waals surface area contributed by atoms with E-state index in [0.717, 1.165) is 0 Å². The zero-order chi connectivity index (χ0) is 13.8. The minimum atomic E-state index is -0.547. The molecule has 0 bridgehead atoms. The molecule has 5 nitrogen and oxygen atoms in total. The molecule has 0 aromatic heterocycles. The number of amides is 1. The van der Waals surface area contributed by atoms with Gasteiger partial charge in [-0.05, 0) is 39.2 Å². The quantitative estimate of drug-likeness (QED) is 0.794. The lowest BCUT2D eigenvalue weighted by Crippen LogP contribution is -2.47. The number of carbonyl (C=O) groups is 1. The van der Waals surface area contributed by atoms with Crippen LogP contribution in [0.15, 0.2) is 11.4 Å². The van der Waals surface area contributed by atoms with Crippen LogP contribution in [0.25, 0.3) is 0 Å². The zero-order valence-electron chi connectivity index (χ0n) is 11.1. The summed E-state index contributed by atoms with van der Waals surface area (Å²) in [5.74, 6) is -0.452. The fourth-order valence-corrected chi connectivity index (χ4v) is 1.70. The molecular weight excluding hydrogens is 239 g/mol. The standard InChI is InChI=1S/C12H21FN2O3/c1-12(2,3)18-11(17)14-15-6-4-9(5-7-15)10(13)8-16/h16H,4-8H2,1-3H3,(H,14,17). The lowest BCUT2D eigenvalue weighted by atomic mass is 10.0. The van der Waals surface area contributed by atoms with E-state index in [1.54, 1.807) is 25.8 Å². The highest BCUT2D eigenvalue weighted by atomic mass is 19.1. The molecule has 0 spiro atoms. The van der Waals surface area contributed by atoms with Crippen LogP contribution in [0.5, 0.6) is 0 Å². The van der Waals surface area contributed by atoms with Crippen LogP contribution in [-0.2, 0) is 4.74 Å². The van der Waals surface area contributed by atoms with Crippen molar-refractivity contribution in [2.75, 3.05) is 19.7 Å². The summed E-state index contributed by atoms with van der Waals surface area (Å²) >= 11 is 0. The van der Waals surface area contributed by atoms with Gasteiger partial charge in [0.2, 0.25) is 0 Å². The molecule has 0 aromatic carbocycles. The van der Waals surface area contributed by atoms with E-state index in [-0.39, 0.29) is 0 Å². The van der Waals surface area contributed by atoms with Crippen LogP contribution < -0.4 is 5.43 Å². The Morgan fingerprint density at radius 3 is 2.44 bits per heavy atom. The average molecular weight is 260 g/mol. The van der Waals surface area contributed by atoms with Crippen LogP contribution in [0.3, 0.4) is 0 Å². The highest BCUT2D eigenvalue weighted by molar-refractivity contribution is 5.67. The molecule has 0 radical (unpaired) electrons. The molecule has 0 aromatic rings. The van der Waals surface area contributed by atoms with Crippen LogP contribution in [0, 0.1) is 0 Å². The molecule has 0 unspecified atom stereocenters. The average Bonchev–Trinajstić information content (AvgIpc) is 2.26. The topological polar surface area (TPSA) is 61.8 Å². The highest BCUT2D eigenvalue weighted by Gasteiger charge is 2.21. The van der Waals surface area contributed by atoms with Crippen molar-refractivity contribution in [1.82, 2.24) is 10.4 Å². The predicted octanol–water partition coefficient (Wildman–Crippen LogP) is 1.74. The van der Waals surface area contributed by atoms with Crippen LogP contribution in [0.4, 0.5) is 9.18 Å². The minimum absolute atomic E-state index is 0.452. The Balaban J connectivity index is 2.38. The number of aliphatic hydroxyl groups excluding tert-OH is 1. The van der Waals surface area contributed by atoms with Gasteiger partial charge in [-0.15, -0.1) is 0 Å². The molecule has 0 saturated carbocycles. The maximum Gasteiger partial charge on any atom is 0.422 e. The van der Waals surface area contributed by atoms with E-state index in [9.17, 15) is 9.18 Å². The second-order valence-electron chi connectivity index (χ2n) is 5.27. The maximum atomic E-state index is 13.1. The number of hydrogen-bond donors (Lipinski definition) is 2. The molecule has 1 aliphatic heterocycles. The smallest absolute Gasteiger partial charge is 0.422 e. The molecule has 1 saturated heterocycles. The number of nitrogens with one attached hydrogen (secondary N) is 1. The van der Waals surface area contributed by atoms with Gasteiger partial charge in [0.05, 0.1) is 6.61 Å². The summed E-state index contributed by atoms with van der Waals surface area (Å²) in [6.45, 7) is 5.86. The van der Waals surface area contributed by atoms with Crippen molar-refractivity contribution >= 4 is 6.09 Å².